The molecule has 2 aromatic heterocycles. The second-order valence-electron chi connectivity index (χ2n) is 9.09. The maximum atomic E-state index is 14.7. The predicted molar refractivity (Wildman–Crippen MR) is 118 cm³/mol. The minimum Gasteiger partial charge on any atom is -0.320 e. The molecule has 2 aliphatic carbocycles. The van der Waals surface area contributed by atoms with Crippen molar-refractivity contribution in [1.29, 1.82) is 0 Å². The van der Waals surface area contributed by atoms with Gasteiger partial charge >= 0.3 is 0 Å². The fraction of sp³-hybridized carbons (Fsp3) is 0.360. The molecule has 1 amide bonds. The van der Waals surface area contributed by atoms with E-state index >= 15 is 0 Å². The van der Waals surface area contributed by atoms with Crippen LogP contribution in [0.1, 0.15) is 60.4 Å². The number of hydrogen-bond donors (Lipinski definition) is 1. The minimum atomic E-state index is -2.61. The van der Waals surface area contributed by atoms with Crippen molar-refractivity contribution in [3.05, 3.63) is 71.8 Å². The smallest absolute Gasteiger partial charge is 0.258 e. The summed E-state index contributed by atoms with van der Waals surface area (Å²) in [5, 5.41) is 2.86. The molecule has 0 spiro atoms. The highest BCUT2D eigenvalue weighted by molar-refractivity contribution is 6.06. The lowest BCUT2D eigenvalue weighted by molar-refractivity contribution is 0.0693. The highest BCUT2D eigenvalue weighted by Gasteiger charge is 2.71. The molecule has 3 aromatic rings. The Morgan fingerprint density at radius 1 is 1.03 bits per heavy atom. The Labute approximate surface area is 189 Å². The molecule has 1 aromatic carbocycles. The molecule has 2 aliphatic rings. The molecule has 33 heavy (non-hydrogen) atoms. The van der Waals surface area contributed by atoms with Gasteiger partial charge in [-0.25, -0.2) is 23.1 Å². The number of aromatic nitrogens is 3. The average Bonchev–Trinajstić information content (AvgIpc) is 3.13. The molecule has 1 N–H and O–H groups in total. The highest BCUT2D eigenvalue weighted by atomic mass is 19.3. The Bertz CT molecular complexity index is 1200. The first-order chi connectivity index (χ1) is 15.8. The Morgan fingerprint density at radius 3 is 2.33 bits per heavy atom. The number of halogens is 3. The van der Waals surface area contributed by atoms with E-state index in [2.05, 4.69) is 20.3 Å². The van der Waals surface area contributed by atoms with Crippen LogP contribution in [0, 0.1) is 17.7 Å². The van der Waals surface area contributed by atoms with E-state index in [9.17, 15) is 18.0 Å². The van der Waals surface area contributed by atoms with Gasteiger partial charge in [-0.15, -0.1) is 0 Å². The van der Waals surface area contributed by atoms with Crippen molar-refractivity contribution >= 4 is 11.6 Å². The summed E-state index contributed by atoms with van der Waals surface area (Å²) in [5.41, 5.74) is 1.85. The van der Waals surface area contributed by atoms with Crippen LogP contribution in [0.4, 0.5) is 18.9 Å². The summed E-state index contributed by atoms with van der Waals surface area (Å²) in [6.07, 6.45) is 5.01. The van der Waals surface area contributed by atoms with Crippen LogP contribution in [0.5, 0.6) is 0 Å². The summed E-state index contributed by atoms with van der Waals surface area (Å²) in [6, 6.07) is 7.86. The molecule has 5 nitrogen and oxygen atoms in total. The van der Waals surface area contributed by atoms with Gasteiger partial charge in [0.25, 0.3) is 11.8 Å². The van der Waals surface area contributed by atoms with Gasteiger partial charge in [-0.1, -0.05) is 32.0 Å². The molecule has 2 atom stereocenters. The molecular weight excluding hydrogens is 429 g/mol. The summed E-state index contributed by atoms with van der Waals surface area (Å²) in [5.74, 6) is -4.33. The summed E-state index contributed by atoms with van der Waals surface area (Å²) in [4.78, 5) is 26.0. The first kappa shape index (κ1) is 21.6. The molecule has 2 heterocycles. The number of benzene rings is 1. The van der Waals surface area contributed by atoms with Crippen molar-refractivity contribution in [2.24, 2.45) is 11.8 Å². The van der Waals surface area contributed by atoms with Crippen molar-refractivity contribution in [3.63, 3.8) is 0 Å². The summed E-state index contributed by atoms with van der Waals surface area (Å²) in [6.45, 7) is 3.90. The van der Waals surface area contributed by atoms with Crippen LogP contribution in [0.25, 0.3) is 11.1 Å². The zero-order valence-electron chi connectivity index (χ0n) is 18.2. The monoisotopic (exact) mass is 452 g/mol. The number of pyridine rings is 1. The van der Waals surface area contributed by atoms with E-state index in [4.69, 9.17) is 0 Å². The van der Waals surface area contributed by atoms with Gasteiger partial charge in [0.2, 0.25) is 0 Å². The van der Waals surface area contributed by atoms with Crippen LogP contribution in [0.3, 0.4) is 0 Å². The van der Waals surface area contributed by atoms with Crippen molar-refractivity contribution in [1.82, 2.24) is 15.0 Å². The summed E-state index contributed by atoms with van der Waals surface area (Å²) >= 11 is 0. The van der Waals surface area contributed by atoms with Gasteiger partial charge in [-0.3, -0.25) is 9.78 Å². The molecule has 0 saturated heterocycles. The van der Waals surface area contributed by atoms with Gasteiger partial charge in [-0.05, 0) is 25.0 Å². The van der Waals surface area contributed by atoms with Crippen molar-refractivity contribution in [3.8, 4) is 11.1 Å². The number of anilines is 1. The van der Waals surface area contributed by atoms with Crippen LogP contribution < -0.4 is 5.32 Å². The zero-order chi connectivity index (χ0) is 23.3. The fourth-order valence-electron chi connectivity index (χ4n) is 4.80. The lowest BCUT2D eigenvalue weighted by Gasteiger charge is -2.21. The Balaban J connectivity index is 1.52. The molecule has 0 radical (unpaired) electrons. The number of nitrogens with one attached hydrogen (secondary N) is 1. The first-order valence-electron chi connectivity index (χ1n) is 11.0. The van der Waals surface area contributed by atoms with E-state index < -0.39 is 29.5 Å². The average molecular weight is 452 g/mol. The van der Waals surface area contributed by atoms with Crippen LogP contribution in [-0.4, -0.2) is 26.8 Å². The Morgan fingerprint density at radius 2 is 1.70 bits per heavy atom. The lowest BCUT2D eigenvalue weighted by Crippen LogP contribution is -2.18. The Hall–Kier alpha value is -3.29. The van der Waals surface area contributed by atoms with Crippen molar-refractivity contribution in [2.75, 3.05) is 5.32 Å². The number of hydrogen-bond acceptors (Lipinski definition) is 4. The SMILES string of the molecule is CC(C)c1ncc(C(=O)Nc2c(-c3ccccc3F)ccnc2C2CC3C(C2)C3(F)F)cn1. The van der Waals surface area contributed by atoms with Gasteiger partial charge in [0, 0.05) is 53.4 Å². The molecule has 0 bridgehead atoms. The number of carbonyl (C=O) groups is 1. The molecule has 8 heteroatoms. The number of carbonyl (C=O) groups excluding carboxylic acids is 1. The van der Waals surface area contributed by atoms with Gasteiger partial charge in [0.05, 0.1) is 16.9 Å². The minimum absolute atomic E-state index is 0.117. The second kappa shape index (κ2) is 7.93. The van der Waals surface area contributed by atoms with Crippen LogP contribution in [0.2, 0.25) is 0 Å². The topological polar surface area (TPSA) is 67.8 Å². The number of rotatable bonds is 5. The van der Waals surface area contributed by atoms with Gasteiger partial charge in [0.1, 0.15) is 11.6 Å². The largest absolute Gasteiger partial charge is 0.320 e. The van der Waals surface area contributed by atoms with E-state index in [-0.39, 0.29) is 17.4 Å². The predicted octanol–water partition coefficient (Wildman–Crippen LogP) is 5.81. The molecule has 5 rings (SSSR count). The number of alkyl halides is 2. The van der Waals surface area contributed by atoms with E-state index in [1.807, 2.05) is 13.8 Å². The quantitative estimate of drug-likeness (QED) is 0.530. The molecule has 2 unspecified atom stereocenters. The van der Waals surface area contributed by atoms with E-state index in [0.717, 1.165) is 0 Å². The summed E-state index contributed by atoms with van der Waals surface area (Å²) < 4.78 is 42.3. The third kappa shape index (κ3) is 3.77. The summed E-state index contributed by atoms with van der Waals surface area (Å²) in [7, 11) is 0. The standard InChI is InChI=1S/C25H23F3N4O/c1-13(2)23-30-11-15(12-31-23)24(33)32-22-17(16-5-3-4-6-20(16)26)7-8-29-21(22)14-9-18-19(10-14)25(18,27)28/h3-8,11-14,18-19H,9-10H2,1-2H3,(H,32,33). The molecule has 170 valence electrons. The van der Waals surface area contributed by atoms with Gasteiger partial charge < -0.3 is 5.32 Å². The first-order valence-corrected chi connectivity index (χ1v) is 11.0. The normalized spacial score (nSPS) is 22.8. The molecular formula is C25H23F3N4O. The van der Waals surface area contributed by atoms with Gasteiger partial charge in [-0.2, -0.15) is 0 Å². The lowest BCUT2D eigenvalue weighted by atomic mass is 9.93. The van der Waals surface area contributed by atoms with Crippen molar-refractivity contribution in [2.45, 2.75) is 44.4 Å². The third-order valence-electron chi connectivity index (χ3n) is 6.66. The fourth-order valence-corrected chi connectivity index (χ4v) is 4.80. The van der Waals surface area contributed by atoms with Crippen LogP contribution in [-0.2, 0) is 0 Å². The van der Waals surface area contributed by atoms with E-state index in [0.29, 0.717) is 41.2 Å². The van der Waals surface area contributed by atoms with E-state index in [1.54, 1.807) is 24.3 Å². The molecule has 2 fully saturated rings. The maximum absolute atomic E-state index is 14.7. The number of nitrogens with zero attached hydrogens (tertiary/aromatic N) is 3. The number of amides is 1. The third-order valence-corrected chi connectivity index (χ3v) is 6.66. The molecule has 2 saturated carbocycles. The maximum Gasteiger partial charge on any atom is 0.258 e. The van der Waals surface area contributed by atoms with Crippen LogP contribution in [0.15, 0.2) is 48.9 Å². The highest BCUT2D eigenvalue weighted by Crippen LogP contribution is 2.67. The second-order valence-corrected chi connectivity index (χ2v) is 9.09. The van der Waals surface area contributed by atoms with E-state index in [1.165, 1.54) is 24.7 Å². The number of fused-ring (bicyclic) bond motifs is 1. The van der Waals surface area contributed by atoms with Gasteiger partial charge in [0.15, 0.2) is 0 Å². The Kier molecular flexibility index (Phi) is 5.18. The molecule has 0 aliphatic heterocycles. The zero-order valence-corrected chi connectivity index (χ0v) is 18.2. The van der Waals surface area contributed by atoms with Crippen LogP contribution >= 0.6 is 0 Å². The van der Waals surface area contributed by atoms with Crippen molar-refractivity contribution < 1.29 is 18.0 Å².